The van der Waals surface area contributed by atoms with Gasteiger partial charge in [0.15, 0.2) is 17.7 Å². The first-order chi connectivity index (χ1) is 19.0. The highest BCUT2D eigenvalue weighted by molar-refractivity contribution is 5.99. The summed E-state index contributed by atoms with van der Waals surface area (Å²) in [7, 11) is 0. The standard InChI is InChI=1S/C30H41N3O7/c1-20(16-25(34)22-9-7-21(17-31)8-10-22)27(36)28(39-26(35)19-38-24-11-13-32-14-12-24)23-6-5-15-33(18-23)29(37)40-30(2,3)4/h7-10,20,23-24,28,32H,5-6,11-16,18-19H2,1-4H3/t20-,23?,28?/m1/s1. The zero-order chi connectivity index (χ0) is 29.3. The number of hydrogen-bond acceptors (Lipinski definition) is 9. The Hall–Kier alpha value is -3.29. The van der Waals surface area contributed by atoms with Crippen LogP contribution in [0.3, 0.4) is 0 Å². The van der Waals surface area contributed by atoms with Crippen LogP contribution in [0.15, 0.2) is 24.3 Å². The number of hydrogen-bond donors (Lipinski definition) is 1. The van der Waals surface area contributed by atoms with Crippen molar-refractivity contribution in [2.45, 2.75) is 77.6 Å². The number of nitrogens with zero attached hydrogens (tertiary/aromatic N) is 2. The summed E-state index contributed by atoms with van der Waals surface area (Å²) >= 11 is 0. The number of nitrogens with one attached hydrogen (secondary N) is 1. The van der Waals surface area contributed by atoms with Gasteiger partial charge in [0.2, 0.25) is 0 Å². The molecule has 40 heavy (non-hydrogen) atoms. The van der Waals surface area contributed by atoms with Crippen LogP contribution < -0.4 is 5.32 Å². The molecule has 0 aliphatic carbocycles. The van der Waals surface area contributed by atoms with Crippen molar-refractivity contribution < 1.29 is 33.4 Å². The Labute approximate surface area is 236 Å². The smallest absolute Gasteiger partial charge is 0.410 e. The van der Waals surface area contributed by atoms with E-state index in [4.69, 9.17) is 19.5 Å². The molecule has 0 bridgehead atoms. The predicted molar refractivity (Wildman–Crippen MR) is 147 cm³/mol. The number of Topliss-reactive ketones (excluding diaryl/α,β-unsaturated/α-hetero) is 2. The molecule has 10 nitrogen and oxygen atoms in total. The molecule has 0 spiro atoms. The number of nitriles is 1. The monoisotopic (exact) mass is 555 g/mol. The highest BCUT2D eigenvalue weighted by atomic mass is 16.6. The van der Waals surface area contributed by atoms with Crippen LogP contribution in [-0.2, 0) is 23.8 Å². The molecule has 2 heterocycles. The normalized spacial score (nSPS) is 19.7. The minimum Gasteiger partial charge on any atom is -0.452 e. The third-order valence-corrected chi connectivity index (χ3v) is 7.11. The van der Waals surface area contributed by atoms with Crippen molar-refractivity contribution in [2.75, 3.05) is 32.8 Å². The maximum atomic E-state index is 13.7. The van der Waals surface area contributed by atoms with Gasteiger partial charge in [0.25, 0.3) is 0 Å². The Kier molecular flexibility index (Phi) is 11.2. The van der Waals surface area contributed by atoms with Gasteiger partial charge in [0.1, 0.15) is 12.2 Å². The summed E-state index contributed by atoms with van der Waals surface area (Å²) in [5.41, 5.74) is 0.167. The number of rotatable bonds is 10. The average molecular weight is 556 g/mol. The lowest BCUT2D eigenvalue weighted by atomic mass is 9.84. The van der Waals surface area contributed by atoms with E-state index in [0.717, 1.165) is 25.9 Å². The quantitative estimate of drug-likeness (QED) is 0.339. The molecule has 1 amide bonds. The summed E-state index contributed by atoms with van der Waals surface area (Å²) < 4.78 is 17.0. The van der Waals surface area contributed by atoms with E-state index in [0.29, 0.717) is 30.5 Å². The highest BCUT2D eigenvalue weighted by Gasteiger charge is 2.39. The van der Waals surface area contributed by atoms with Crippen LogP contribution >= 0.6 is 0 Å². The number of ketones is 2. The lowest BCUT2D eigenvalue weighted by molar-refractivity contribution is -0.167. The van der Waals surface area contributed by atoms with Crippen molar-refractivity contribution in [3.8, 4) is 6.07 Å². The lowest BCUT2D eigenvalue weighted by Gasteiger charge is -2.37. The van der Waals surface area contributed by atoms with E-state index < -0.39 is 35.6 Å². The van der Waals surface area contributed by atoms with Crippen molar-refractivity contribution >= 4 is 23.6 Å². The van der Waals surface area contributed by atoms with E-state index in [1.165, 1.54) is 0 Å². The Bertz CT molecular complexity index is 1080. The van der Waals surface area contributed by atoms with Crippen LogP contribution in [0.1, 0.15) is 75.7 Å². The van der Waals surface area contributed by atoms with Crippen molar-refractivity contribution in [3.63, 3.8) is 0 Å². The molecule has 3 rings (SSSR count). The van der Waals surface area contributed by atoms with Gasteiger partial charge in [0.05, 0.1) is 17.7 Å². The van der Waals surface area contributed by atoms with Crippen molar-refractivity contribution in [1.29, 1.82) is 5.26 Å². The van der Waals surface area contributed by atoms with Crippen molar-refractivity contribution in [3.05, 3.63) is 35.4 Å². The van der Waals surface area contributed by atoms with E-state index in [-0.39, 0.29) is 37.2 Å². The first-order valence-electron chi connectivity index (χ1n) is 14.0. The second kappa shape index (κ2) is 14.4. The summed E-state index contributed by atoms with van der Waals surface area (Å²) in [5.74, 6) is -2.43. The fraction of sp³-hybridized carbons (Fsp3) is 0.633. The van der Waals surface area contributed by atoms with E-state index in [1.54, 1.807) is 56.9 Å². The molecule has 0 aromatic heterocycles. The Morgan fingerprint density at radius 3 is 2.40 bits per heavy atom. The molecule has 1 aromatic rings. The maximum Gasteiger partial charge on any atom is 0.410 e. The average Bonchev–Trinajstić information content (AvgIpc) is 2.94. The predicted octanol–water partition coefficient (Wildman–Crippen LogP) is 3.66. The van der Waals surface area contributed by atoms with Gasteiger partial charge < -0.3 is 24.4 Å². The van der Waals surface area contributed by atoms with Crippen LogP contribution in [0.5, 0.6) is 0 Å². The van der Waals surface area contributed by atoms with E-state index >= 15 is 0 Å². The Morgan fingerprint density at radius 1 is 1.10 bits per heavy atom. The molecular formula is C30H41N3O7. The molecule has 0 radical (unpaired) electrons. The van der Waals surface area contributed by atoms with Gasteiger partial charge in [-0.3, -0.25) is 9.59 Å². The number of ether oxygens (including phenoxy) is 3. The Morgan fingerprint density at radius 2 is 1.77 bits per heavy atom. The summed E-state index contributed by atoms with van der Waals surface area (Å²) in [6.45, 7) is 9.04. The fourth-order valence-electron chi connectivity index (χ4n) is 4.97. The molecule has 2 fully saturated rings. The molecular weight excluding hydrogens is 514 g/mol. The van der Waals surface area contributed by atoms with Gasteiger partial charge in [-0.2, -0.15) is 5.26 Å². The number of benzene rings is 1. The van der Waals surface area contributed by atoms with E-state index in [1.807, 2.05) is 6.07 Å². The number of piperidine rings is 2. The zero-order valence-corrected chi connectivity index (χ0v) is 23.9. The molecule has 2 unspecified atom stereocenters. The maximum absolute atomic E-state index is 13.7. The number of carbonyl (C=O) groups excluding carboxylic acids is 4. The van der Waals surface area contributed by atoms with Gasteiger partial charge in [0, 0.05) is 36.9 Å². The minimum absolute atomic E-state index is 0.0516. The topological polar surface area (TPSA) is 135 Å². The molecule has 3 atom stereocenters. The number of amides is 1. The first kappa shape index (κ1) is 31.2. The van der Waals surface area contributed by atoms with Crippen LogP contribution in [0.2, 0.25) is 0 Å². The summed E-state index contributed by atoms with van der Waals surface area (Å²) in [5, 5.41) is 12.2. The minimum atomic E-state index is -1.13. The highest BCUT2D eigenvalue weighted by Crippen LogP contribution is 2.27. The number of carbonyl (C=O) groups is 4. The Balaban J connectivity index is 1.71. The van der Waals surface area contributed by atoms with Gasteiger partial charge in [-0.1, -0.05) is 19.1 Å². The third-order valence-electron chi connectivity index (χ3n) is 7.11. The summed E-state index contributed by atoms with van der Waals surface area (Å²) in [4.78, 5) is 53.8. The first-order valence-corrected chi connectivity index (χ1v) is 14.0. The van der Waals surface area contributed by atoms with Crippen molar-refractivity contribution in [1.82, 2.24) is 10.2 Å². The molecule has 0 saturated carbocycles. The van der Waals surface area contributed by atoms with Gasteiger partial charge in [-0.15, -0.1) is 0 Å². The van der Waals surface area contributed by atoms with Crippen LogP contribution in [0.4, 0.5) is 4.79 Å². The second-order valence-corrected chi connectivity index (χ2v) is 11.6. The zero-order valence-electron chi connectivity index (χ0n) is 23.9. The summed E-state index contributed by atoms with van der Waals surface area (Å²) in [6, 6.07) is 8.25. The SMILES string of the molecule is C[C@H](CC(=O)c1ccc(C#N)cc1)C(=O)C(OC(=O)COC1CCNCC1)C1CCCN(C(=O)OC(C)(C)C)C1. The molecule has 2 aliphatic rings. The lowest BCUT2D eigenvalue weighted by Crippen LogP contribution is -2.49. The van der Waals surface area contributed by atoms with Crippen LogP contribution in [-0.4, -0.2) is 79.1 Å². The van der Waals surface area contributed by atoms with E-state index in [9.17, 15) is 19.2 Å². The number of likely N-dealkylation sites (tertiary alicyclic amines) is 1. The van der Waals surface area contributed by atoms with Gasteiger partial charge in [-0.25, -0.2) is 9.59 Å². The molecule has 2 saturated heterocycles. The molecule has 1 aromatic carbocycles. The fourth-order valence-corrected chi connectivity index (χ4v) is 4.97. The molecule has 2 aliphatic heterocycles. The largest absolute Gasteiger partial charge is 0.452 e. The van der Waals surface area contributed by atoms with Gasteiger partial charge in [-0.05, 0) is 71.7 Å². The molecule has 218 valence electrons. The second-order valence-electron chi connectivity index (χ2n) is 11.6. The van der Waals surface area contributed by atoms with Crippen LogP contribution in [0.25, 0.3) is 0 Å². The van der Waals surface area contributed by atoms with E-state index in [2.05, 4.69) is 5.32 Å². The van der Waals surface area contributed by atoms with Crippen LogP contribution in [0, 0.1) is 23.2 Å². The van der Waals surface area contributed by atoms with Crippen molar-refractivity contribution in [2.24, 2.45) is 11.8 Å². The molecule has 10 heteroatoms. The third kappa shape index (κ3) is 9.42. The van der Waals surface area contributed by atoms with Gasteiger partial charge >= 0.3 is 12.1 Å². The number of esters is 1. The molecule has 1 N–H and O–H groups in total. The summed E-state index contributed by atoms with van der Waals surface area (Å²) in [6.07, 6.45) is 1.04.